The Morgan fingerprint density at radius 3 is 1.08 bits per heavy atom. The van der Waals surface area contributed by atoms with E-state index in [9.17, 15) is 32.3 Å². The lowest BCUT2D eigenvalue weighted by atomic mass is 10.2. The first-order valence-corrected chi connectivity index (χ1v) is 10.6. The Kier molecular flexibility index (Phi) is 5.80. The Hall–Kier alpha value is -5.19. The lowest BCUT2D eigenvalue weighted by molar-refractivity contribution is -0.121. The molecule has 0 aromatic heterocycles. The molecule has 0 fully saturated rings. The van der Waals surface area contributed by atoms with Gasteiger partial charge in [0.05, 0.1) is 11.4 Å². The number of anilines is 2. The lowest BCUT2D eigenvalue weighted by Crippen LogP contribution is -2.29. The predicted molar refractivity (Wildman–Crippen MR) is 123 cm³/mol. The molecule has 0 N–H and O–H groups in total. The molecule has 4 amide bonds. The van der Waals surface area contributed by atoms with Gasteiger partial charge in [0, 0.05) is 66.8 Å². The summed E-state index contributed by atoms with van der Waals surface area (Å²) >= 11 is 0. The summed E-state index contributed by atoms with van der Waals surface area (Å²) in [6.45, 7) is 0. The molecule has 0 saturated carbocycles. The molecule has 0 saturated heterocycles. The van der Waals surface area contributed by atoms with Crippen LogP contribution in [0.4, 0.5) is 24.5 Å². The van der Waals surface area contributed by atoms with Crippen LogP contribution < -0.4 is 19.3 Å². The van der Waals surface area contributed by atoms with Crippen LogP contribution in [-0.4, -0.2) is 23.6 Å². The number of hydrogen-bond acceptors (Lipinski definition) is 6. The molecule has 3 aromatic carbocycles. The standard InChI is InChI=1S/C26H13F3N2O6/c27-14-5-17(30-23(32)1-2-24(30)33)11-19(7-14)36-21-9-16(29)10-22(13-21)37-20-8-15(28)6-18(12-20)31-25(34)3-4-26(31)35/h1-13H. The molecule has 11 heteroatoms. The van der Waals surface area contributed by atoms with Crippen molar-refractivity contribution in [3.05, 3.63) is 96.4 Å². The molecule has 2 heterocycles. The van der Waals surface area contributed by atoms with E-state index in [0.29, 0.717) is 0 Å². The van der Waals surface area contributed by atoms with Crippen LogP contribution in [0, 0.1) is 17.5 Å². The van der Waals surface area contributed by atoms with Gasteiger partial charge in [0.2, 0.25) is 0 Å². The van der Waals surface area contributed by atoms with Crippen molar-refractivity contribution in [1.29, 1.82) is 0 Å². The maximum absolute atomic E-state index is 14.3. The lowest BCUT2D eigenvalue weighted by Gasteiger charge is -2.16. The zero-order chi connectivity index (χ0) is 26.3. The van der Waals surface area contributed by atoms with E-state index < -0.39 is 41.1 Å². The number of carbonyl (C=O) groups is 4. The van der Waals surface area contributed by atoms with Crippen molar-refractivity contribution in [2.24, 2.45) is 0 Å². The van der Waals surface area contributed by atoms with Crippen LogP contribution in [-0.2, 0) is 19.2 Å². The Morgan fingerprint density at radius 2 is 0.730 bits per heavy atom. The fourth-order valence-corrected chi connectivity index (χ4v) is 3.71. The van der Waals surface area contributed by atoms with E-state index in [1.165, 1.54) is 18.2 Å². The van der Waals surface area contributed by atoms with Gasteiger partial charge in [-0.15, -0.1) is 0 Å². The third-order valence-electron chi connectivity index (χ3n) is 5.16. The largest absolute Gasteiger partial charge is 0.457 e. The van der Waals surface area contributed by atoms with E-state index in [4.69, 9.17) is 9.47 Å². The molecule has 0 aliphatic carbocycles. The van der Waals surface area contributed by atoms with Crippen molar-refractivity contribution >= 4 is 35.0 Å². The summed E-state index contributed by atoms with van der Waals surface area (Å²) in [7, 11) is 0. The molecule has 0 radical (unpaired) electrons. The van der Waals surface area contributed by atoms with Crippen LogP contribution in [0.1, 0.15) is 0 Å². The SMILES string of the molecule is O=C1C=CC(=O)N1c1cc(F)cc(Oc2cc(F)cc(Oc3cc(F)cc(N4C(=O)C=CC4=O)c3)c2)c1. The second kappa shape index (κ2) is 9.11. The summed E-state index contributed by atoms with van der Waals surface area (Å²) in [6, 6.07) is 9.44. The van der Waals surface area contributed by atoms with Crippen molar-refractivity contribution in [3.63, 3.8) is 0 Å². The van der Waals surface area contributed by atoms with Gasteiger partial charge in [0.25, 0.3) is 23.6 Å². The summed E-state index contributed by atoms with van der Waals surface area (Å²) in [4.78, 5) is 49.1. The molecule has 0 unspecified atom stereocenters. The molecular formula is C26H13F3N2O6. The number of hydrogen-bond donors (Lipinski definition) is 0. The van der Waals surface area contributed by atoms with Crippen LogP contribution in [0.5, 0.6) is 23.0 Å². The number of ether oxygens (including phenoxy) is 2. The van der Waals surface area contributed by atoms with Crippen molar-refractivity contribution in [3.8, 4) is 23.0 Å². The molecule has 0 spiro atoms. The quantitative estimate of drug-likeness (QED) is 0.456. The first-order chi connectivity index (χ1) is 17.7. The van der Waals surface area contributed by atoms with Crippen LogP contribution in [0.3, 0.4) is 0 Å². The minimum absolute atomic E-state index is 0.0873. The summed E-state index contributed by atoms with van der Waals surface area (Å²) < 4.78 is 53.8. The van der Waals surface area contributed by atoms with E-state index in [0.717, 1.165) is 70.5 Å². The van der Waals surface area contributed by atoms with Crippen LogP contribution in [0.25, 0.3) is 0 Å². The zero-order valence-corrected chi connectivity index (χ0v) is 18.5. The average molecular weight is 506 g/mol. The van der Waals surface area contributed by atoms with Gasteiger partial charge >= 0.3 is 0 Å². The van der Waals surface area contributed by atoms with Gasteiger partial charge in [0.15, 0.2) is 0 Å². The Balaban J connectivity index is 1.41. The second-order valence-corrected chi connectivity index (χ2v) is 7.81. The molecule has 184 valence electrons. The fraction of sp³-hybridized carbons (Fsp3) is 0. The number of halogens is 3. The van der Waals surface area contributed by atoms with Gasteiger partial charge in [0.1, 0.15) is 40.4 Å². The summed E-state index contributed by atoms with van der Waals surface area (Å²) in [5.74, 6) is -5.68. The van der Waals surface area contributed by atoms with E-state index in [-0.39, 0.29) is 34.4 Å². The second-order valence-electron chi connectivity index (χ2n) is 7.81. The van der Waals surface area contributed by atoms with Crippen LogP contribution >= 0.6 is 0 Å². The molecule has 37 heavy (non-hydrogen) atoms. The van der Waals surface area contributed by atoms with Gasteiger partial charge in [-0.3, -0.25) is 19.2 Å². The average Bonchev–Trinajstić information content (AvgIpc) is 3.32. The highest BCUT2D eigenvalue weighted by Crippen LogP contribution is 2.34. The molecule has 0 atom stereocenters. The predicted octanol–water partition coefficient (Wildman–Crippen LogP) is 4.55. The summed E-state index contributed by atoms with van der Waals surface area (Å²) in [5.41, 5.74) is -0.175. The number of imide groups is 2. The normalized spacial score (nSPS) is 14.8. The van der Waals surface area contributed by atoms with E-state index >= 15 is 0 Å². The number of rotatable bonds is 6. The number of benzene rings is 3. The summed E-state index contributed by atoms with van der Waals surface area (Å²) in [6.07, 6.45) is 4.14. The molecular weight excluding hydrogens is 493 g/mol. The van der Waals surface area contributed by atoms with Gasteiger partial charge in [-0.05, 0) is 12.1 Å². The van der Waals surface area contributed by atoms with Crippen molar-refractivity contribution in [2.75, 3.05) is 9.80 Å². The Bertz CT molecular complexity index is 1420. The highest BCUT2D eigenvalue weighted by molar-refractivity contribution is 6.28. The third-order valence-corrected chi connectivity index (χ3v) is 5.16. The van der Waals surface area contributed by atoms with Crippen molar-refractivity contribution < 1.29 is 41.8 Å². The Morgan fingerprint density at radius 1 is 0.432 bits per heavy atom. The third kappa shape index (κ3) is 4.82. The molecule has 2 aliphatic rings. The van der Waals surface area contributed by atoms with Crippen LogP contribution in [0.15, 0.2) is 78.9 Å². The maximum Gasteiger partial charge on any atom is 0.258 e. The van der Waals surface area contributed by atoms with Gasteiger partial charge in [-0.25, -0.2) is 23.0 Å². The molecule has 0 bridgehead atoms. The molecule has 2 aliphatic heterocycles. The van der Waals surface area contributed by atoms with Gasteiger partial charge in [-0.2, -0.15) is 0 Å². The highest BCUT2D eigenvalue weighted by atomic mass is 19.1. The first-order valence-electron chi connectivity index (χ1n) is 10.6. The van der Waals surface area contributed by atoms with Crippen molar-refractivity contribution in [2.45, 2.75) is 0 Å². The molecule has 5 rings (SSSR count). The van der Waals surface area contributed by atoms with Crippen LogP contribution in [0.2, 0.25) is 0 Å². The minimum atomic E-state index is -0.819. The number of amides is 4. The first kappa shape index (κ1) is 23.5. The number of nitrogens with zero attached hydrogens (tertiary/aromatic N) is 2. The maximum atomic E-state index is 14.3. The fourth-order valence-electron chi connectivity index (χ4n) is 3.71. The van der Waals surface area contributed by atoms with E-state index in [1.807, 2.05) is 0 Å². The highest BCUT2D eigenvalue weighted by Gasteiger charge is 2.27. The van der Waals surface area contributed by atoms with Gasteiger partial charge in [-0.1, -0.05) is 0 Å². The van der Waals surface area contributed by atoms with Crippen molar-refractivity contribution in [1.82, 2.24) is 0 Å². The monoisotopic (exact) mass is 506 g/mol. The minimum Gasteiger partial charge on any atom is -0.457 e. The van der Waals surface area contributed by atoms with E-state index in [1.54, 1.807) is 0 Å². The van der Waals surface area contributed by atoms with E-state index in [2.05, 4.69) is 0 Å². The smallest absolute Gasteiger partial charge is 0.258 e. The zero-order valence-electron chi connectivity index (χ0n) is 18.5. The molecule has 8 nitrogen and oxygen atoms in total. The van der Waals surface area contributed by atoms with Gasteiger partial charge < -0.3 is 9.47 Å². The topological polar surface area (TPSA) is 93.2 Å². The molecule has 3 aromatic rings. The Labute approximate surface area is 206 Å². The summed E-state index contributed by atoms with van der Waals surface area (Å²) in [5, 5.41) is 0. The number of carbonyl (C=O) groups excluding carboxylic acids is 4.